The van der Waals surface area contributed by atoms with Gasteiger partial charge >= 0.3 is 5.97 Å². The van der Waals surface area contributed by atoms with Crippen molar-refractivity contribution in [1.82, 2.24) is 4.98 Å². The van der Waals surface area contributed by atoms with Gasteiger partial charge in [0.05, 0.1) is 12.7 Å². The first-order valence-corrected chi connectivity index (χ1v) is 6.20. The highest BCUT2D eigenvalue weighted by Gasteiger charge is 2.19. The number of Topliss-reactive ketones (excluding diaryl/α,β-unsaturated/α-hetero) is 1. The van der Waals surface area contributed by atoms with Crippen molar-refractivity contribution >= 4 is 22.7 Å². The van der Waals surface area contributed by atoms with Gasteiger partial charge in [-0.15, -0.1) is 0 Å². The van der Waals surface area contributed by atoms with E-state index in [1.807, 2.05) is 20.8 Å². The lowest BCUT2D eigenvalue weighted by atomic mass is 9.98. The van der Waals surface area contributed by atoms with E-state index >= 15 is 0 Å². The number of H-pyrrole nitrogens is 1. The summed E-state index contributed by atoms with van der Waals surface area (Å²) in [6.07, 6.45) is 0. The Kier molecular flexibility index (Phi) is 3.42. The maximum Gasteiger partial charge on any atom is 0.337 e. The second kappa shape index (κ2) is 4.88. The molecule has 0 fully saturated rings. The van der Waals surface area contributed by atoms with Gasteiger partial charge in [-0.1, -0.05) is 19.9 Å². The molecule has 2 aromatic rings. The molecule has 2 rings (SSSR count). The highest BCUT2D eigenvalue weighted by molar-refractivity contribution is 6.10. The van der Waals surface area contributed by atoms with Gasteiger partial charge in [-0.25, -0.2) is 4.79 Å². The monoisotopic (exact) mass is 259 g/mol. The number of fused-ring (bicyclic) bond motifs is 1. The minimum absolute atomic E-state index is 0.0574. The summed E-state index contributed by atoms with van der Waals surface area (Å²) in [6.45, 7) is 5.63. The minimum Gasteiger partial charge on any atom is -0.465 e. The number of hydrogen-bond donors (Lipinski definition) is 1. The number of aryl methyl sites for hydroxylation is 1. The first-order chi connectivity index (χ1) is 8.95. The average Bonchev–Trinajstić information content (AvgIpc) is 2.71. The lowest BCUT2D eigenvalue weighted by Crippen LogP contribution is -2.08. The van der Waals surface area contributed by atoms with Crippen LogP contribution in [0, 0.1) is 12.8 Å². The van der Waals surface area contributed by atoms with E-state index in [2.05, 4.69) is 9.72 Å². The number of rotatable bonds is 3. The predicted molar refractivity (Wildman–Crippen MR) is 73.5 cm³/mol. The lowest BCUT2D eigenvalue weighted by Gasteiger charge is -2.04. The molecule has 0 amide bonds. The summed E-state index contributed by atoms with van der Waals surface area (Å²) >= 11 is 0. The molecule has 0 unspecified atom stereocenters. The Balaban J connectivity index is 2.60. The third kappa shape index (κ3) is 2.26. The Hall–Kier alpha value is -2.10. The van der Waals surface area contributed by atoms with Crippen molar-refractivity contribution in [3.63, 3.8) is 0 Å². The highest BCUT2D eigenvalue weighted by Crippen LogP contribution is 2.25. The smallest absolute Gasteiger partial charge is 0.337 e. The number of methoxy groups -OCH3 is 1. The fraction of sp³-hybridized carbons (Fsp3) is 0.333. The van der Waals surface area contributed by atoms with Gasteiger partial charge in [0.25, 0.3) is 0 Å². The van der Waals surface area contributed by atoms with Crippen molar-refractivity contribution in [1.29, 1.82) is 0 Å². The molecule has 19 heavy (non-hydrogen) atoms. The number of ether oxygens (including phenoxy) is 1. The summed E-state index contributed by atoms with van der Waals surface area (Å²) in [6, 6.07) is 5.19. The van der Waals surface area contributed by atoms with Crippen LogP contribution in [0.25, 0.3) is 10.9 Å². The van der Waals surface area contributed by atoms with Crippen LogP contribution >= 0.6 is 0 Å². The van der Waals surface area contributed by atoms with Crippen molar-refractivity contribution in [2.45, 2.75) is 20.8 Å². The molecule has 0 aliphatic heterocycles. The van der Waals surface area contributed by atoms with E-state index in [0.717, 1.165) is 16.6 Å². The van der Waals surface area contributed by atoms with Crippen molar-refractivity contribution < 1.29 is 14.3 Å². The zero-order valence-corrected chi connectivity index (χ0v) is 11.5. The molecule has 1 N–H and O–H groups in total. The van der Waals surface area contributed by atoms with E-state index in [4.69, 9.17) is 0 Å². The van der Waals surface area contributed by atoms with E-state index in [-0.39, 0.29) is 17.7 Å². The SMILES string of the molecule is COC(=O)c1ccc2c(C(=O)C(C)C)c(C)[nH]c2c1. The largest absolute Gasteiger partial charge is 0.465 e. The summed E-state index contributed by atoms with van der Waals surface area (Å²) in [5.74, 6) is -0.335. The number of benzene rings is 1. The van der Waals surface area contributed by atoms with Gasteiger partial charge in [-0.3, -0.25) is 4.79 Å². The van der Waals surface area contributed by atoms with Crippen LogP contribution in [0.15, 0.2) is 18.2 Å². The molecule has 1 aromatic heterocycles. The Morgan fingerprint density at radius 2 is 1.95 bits per heavy atom. The molecular formula is C15H17NO3. The first kappa shape index (κ1) is 13.3. The second-order valence-corrected chi connectivity index (χ2v) is 4.90. The molecular weight excluding hydrogens is 242 g/mol. The lowest BCUT2D eigenvalue weighted by molar-refractivity contribution is 0.0600. The van der Waals surface area contributed by atoms with Gasteiger partial charge in [-0.05, 0) is 19.1 Å². The topological polar surface area (TPSA) is 59.2 Å². The number of nitrogens with one attached hydrogen (secondary N) is 1. The van der Waals surface area contributed by atoms with Crippen LogP contribution in [-0.2, 0) is 4.74 Å². The molecule has 1 aromatic carbocycles. The van der Waals surface area contributed by atoms with Crippen LogP contribution in [0.1, 0.15) is 40.3 Å². The van der Waals surface area contributed by atoms with Crippen LogP contribution in [0.2, 0.25) is 0 Å². The third-order valence-electron chi connectivity index (χ3n) is 3.18. The molecule has 4 heteroatoms. The number of carbonyl (C=O) groups is 2. The van der Waals surface area contributed by atoms with Gasteiger partial charge in [-0.2, -0.15) is 0 Å². The number of hydrogen-bond acceptors (Lipinski definition) is 3. The average molecular weight is 259 g/mol. The summed E-state index contributed by atoms with van der Waals surface area (Å²) < 4.78 is 4.69. The van der Waals surface area contributed by atoms with Crippen molar-refractivity contribution in [3.8, 4) is 0 Å². The molecule has 1 heterocycles. The van der Waals surface area contributed by atoms with E-state index in [0.29, 0.717) is 11.1 Å². The fourth-order valence-electron chi connectivity index (χ4n) is 2.18. The number of aromatic nitrogens is 1. The summed E-state index contributed by atoms with van der Waals surface area (Å²) in [4.78, 5) is 26.8. The minimum atomic E-state index is -0.383. The molecule has 100 valence electrons. The van der Waals surface area contributed by atoms with Crippen LogP contribution in [0.5, 0.6) is 0 Å². The van der Waals surface area contributed by atoms with Crippen LogP contribution < -0.4 is 0 Å². The molecule has 0 spiro atoms. The van der Waals surface area contributed by atoms with Crippen molar-refractivity contribution in [2.75, 3.05) is 7.11 Å². The summed E-state index contributed by atoms with van der Waals surface area (Å²) in [5, 5.41) is 0.851. The third-order valence-corrected chi connectivity index (χ3v) is 3.18. The van der Waals surface area contributed by atoms with E-state index < -0.39 is 0 Å². The van der Waals surface area contributed by atoms with Gasteiger partial charge in [0.15, 0.2) is 5.78 Å². The van der Waals surface area contributed by atoms with Crippen LogP contribution in [0.4, 0.5) is 0 Å². The second-order valence-electron chi connectivity index (χ2n) is 4.90. The Labute approximate surface area is 111 Å². The Bertz CT molecular complexity index is 653. The zero-order chi connectivity index (χ0) is 14.2. The number of esters is 1. The Morgan fingerprint density at radius 3 is 2.53 bits per heavy atom. The fourth-order valence-corrected chi connectivity index (χ4v) is 2.18. The molecule has 0 saturated heterocycles. The first-order valence-electron chi connectivity index (χ1n) is 6.20. The van der Waals surface area contributed by atoms with Gasteiger partial charge in [0.2, 0.25) is 0 Å². The molecule has 0 atom stereocenters. The Morgan fingerprint density at radius 1 is 1.26 bits per heavy atom. The van der Waals surface area contributed by atoms with E-state index in [1.165, 1.54) is 7.11 Å². The molecule has 4 nitrogen and oxygen atoms in total. The van der Waals surface area contributed by atoms with Gasteiger partial charge in [0.1, 0.15) is 0 Å². The van der Waals surface area contributed by atoms with E-state index in [9.17, 15) is 9.59 Å². The van der Waals surface area contributed by atoms with Crippen molar-refractivity contribution in [2.24, 2.45) is 5.92 Å². The van der Waals surface area contributed by atoms with E-state index in [1.54, 1.807) is 18.2 Å². The number of carbonyl (C=O) groups excluding carboxylic acids is 2. The maximum absolute atomic E-state index is 12.2. The maximum atomic E-state index is 12.2. The van der Waals surface area contributed by atoms with Gasteiger partial charge in [0, 0.05) is 28.1 Å². The number of ketones is 1. The van der Waals surface area contributed by atoms with Crippen LogP contribution in [-0.4, -0.2) is 23.8 Å². The zero-order valence-electron chi connectivity index (χ0n) is 11.5. The molecule has 0 radical (unpaired) electrons. The normalized spacial score (nSPS) is 11.0. The molecule has 0 aliphatic carbocycles. The van der Waals surface area contributed by atoms with Gasteiger partial charge < -0.3 is 9.72 Å². The summed E-state index contributed by atoms with van der Waals surface area (Å²) in [7, 11) is 1.35. The molecule has 0 bridgehead atoms. The van der Waals surface area contributed by atoms with Crippen LogP contribution in [0.3, 0.4) is 0 Å². The predicted octanol–water partition coefficient (Wildman–Crippen LogP) is 3.10. The van der Waals surface area contributed by atoms with Crippen molar-refractivity contribution in [3.05, 3.63) is 35.0 Å². The highest BCUT2D eigenvalue weighted by atomic mass is 16.5. The standard InChI is InChI=1S/C15H17NO3/c1-8(2)14(17)13-9(3)16-12-7-10(15(18)19-4)5-6-11(12)13/h5-8,16H,1-4H3. The summed E-state index contributed by atoms with van der Waals surface area (Å²) in [5.41, 5.74) is 2.79. The molecule has 0 saturated carbocycles. The molecule has 0 aliphatic rings. The quantitative estimate of drug-likeness (QED) is 0.680. The number of aromatic amines is 1.